The van der Waals surface area contributed by atoms with Gasteiger partial charge in [-0.2, -0.15) is 0 Å². The number of ether oxygens (including phenoxy) is 1. The number of guanidine groups is 1. The van der Waals surface area contributed by atoms with E-state index in [1.807, 2.05) is 13.8 Å². The fraction of sp³-hybridized carbons (Fsp3) is 0.706. The van der Waals surface area contributed by atoms with Crippen LogP contribution in [0.1, 0.15) is 36.3 Å². The molecular weight excluding hydrogens is 322 g/mol. The summed E-state index contributed by atoms with van der Waals surface area (Å²) in [5, 5.41) is 10.3. The third-order valence-electron chi connectivity index (χ3n) is 4.25. The third kappa shape index (κ3) is 6.04. The molecule has 1 atom stereocenters. The molecule has 0 aromatic carbocycles. The van der Waals surface area contributed by atoms with E-state index in [4.69, 9.17) is 9.26 Å². The first kappa shape index (κ1) is 19.2. The number of carbonyl (C=O) groups is 1. The molecule has 1 unspecified atom stereocenters. The molecule has 1 fully saturated rings. The highest BCUT2D eigenvalue weighted by molar-refractivity contribution is 5.86. The van der Waals surface area contributed by atoms with Crippen molar-refractivity contribution in [2.75, 3.05) is 33.8 Å². The number of nitrogens with zero attached hydrogens (tertiary/aromatic N) is 3. The van der Waals surface area contributed by atoms with E-state index < -0.39 is 0 Å². The second kappa shape index (κ2) is 9.41. The zero-order valence-corrected chi connectivity index (χ0v) is 15.6. The quantitative estimate of drug-likeness (QED) is 0.586. The predicted octanol–water partition coefficient (Wildman–Crippen LogP) is 0.984. The van der Waals surface area contributed by atoms with Crippen LogP contribution in [0.3, 0.4) is 0 Å². The molecule has 140 valence electrons. The fourth-order valence-corrected chi connectivity index (χ4v) is 2.56. The Morgan fingerprint density at radius 3 is 2.72 bits per heavy atom. The third-order valence-corrected chi connectivity index (χ3v) is 4.25. The smallest absolute Gasteiger partial charge is 0.241 e. The van der Waals surface area contributed by atoms with Gasteiger partial charge in [-0.1, -0.05) is 5.16 Å². The molecule has 1 aromatic heterocycles. The second-order valence-corrected chi connectivity index (χ2v) is 6.48. The average molecular weight is 351 g/mol. The summed E-state index contributed by atoms with van der Waals surface area (Å²) < 4.78 is 10.9. The summed E-state index contributed by atoms with van der Waals surface area (Å²) >= 11 is 0. The highest BCUT2D eigenvalue weighted by Gasteiger charge is 2.15. The lowest BCUT2D eigenvalue weighted by Crippen LogP contribution is -2.45. The molecule has 2 rings (SSSR count). The predicted molar refractivity (Wildman–Crippen MR) is 95.4 cm³/mol. The van der Waals surface area contributed by atoms with Gasteiger partial charge in [0, 0.05) is 32.8 Å². The Hall–Kier alpha value is -2.09. The molecule has 1 aliphatic heterocycles. The number of aliphatic imine (C=N–C) groups is 1. The van der Waals surface area contributed by atoms with Gasteiger partial charge in [-0.15, -0.1) is 0 Å². The summed E-state index contributed by atoms with van der Waals surface area (Å²) in [5.74, 6) is 1.34. The summed E-state index contributed by atoms with van der Waals surface area (Å²) in [6, 6.07) is 0. The Balaban J connectivity index is 1.96. The largest absolute Gasteiger partial charge is 0.376 e. The Kier molecular flexibility index (Phi) is 7.24. The van der Waals surface area contributed by atoms with Gasteiger partial charge in [0.25, 0.3) is 0 Å². The summed E-state index contributed by atoms with van der Waals surface area (Å²) in [7, 11) is 3.46. The zero-order chi connectivity index (χ0) is 18.2. The monoisotopic (exact) mass is 351 g/mol. The number of hydrogen-bond donors (Lipinski definition) is 2. The lowest BCUT2D eigenvalue weighted by atomic mass is 10.1. The molecule has 0 aliphatic carbocycles. The number of aryl methyl sites for hydroxylation is 2. The van der Waals surface area contributed by atoms with Crippen LogP contribution in [0.25, 0.3) is 0 Å². The maximum absolute atomic E-state index is 11.8. The maximum atomic E-state index is 11.8. The van der Waals surface area contributed by atoms with Crippen molar-refractivity contribution in [3.05, 3.63) is 17.0 Å². The molecule has 0 radical (unpaired) electrons. The van der Waals surface area contributed by atoms with Crippen LogP contribution in [0.2, 0.25) is 0 Å². The van der Waals surface area contributed by atoms with E-state index in [1.165, 1.54) is 6.42 Å². The van der Waals surface area contributed by atoms with E-state index in [-0.39, 0.29) is 18.6 Å². The molecular formula is C17H29N5O3. The molecule has 0 bridgehead atoms. The standard InChI is InChI=1S/C17H29N5O3/c1-12-15(13(2)25-21-12)10-19-17(20-11-16(23)22(3)4)18-9-14-7-5-6-8-24-14/h14H,5-11H2,1-4H3,(H2,18,19,20). The van der Waals surface area contributed by atoms with Crippen molar-refractivity contribution in [2.45, 2.75) is 45.8 Å². The van der Waals surface area contributed by atoms with E-state index in [0.29, 0.717) is 19.0 Å². The normalized spacial score (nSPS) is 18.1. The molecule has 1 aliphatic rings. The Morgan fingerprint density at radius 2 is 2.12 bits per heavy atom. The summed E-state index contributed by atoms with van der Waals surface area (Å²) in [6.45, 7) is 5.88. The number of carbonyl (C=O) groups excluding carboxylic acids is 1. The van der Waals surface area contributed by atoms with E-state index in [1.54, 1.807) is 19.0 Å². The molecule has 8 heteroatoms. The van der Waals surface area contributed by atoms with Crippen molar-refractivity contribution in [1.82, 2.24) is 20.7 Å². The average Bonchev–Trinajstić information content (AvgIpc) is 2.93. The lowest BCUT2D eigenvalue weighted by molar-refractivity contribution is -0.127. The van der Waals surface area contributed by atoms with Crippen LogP contribution in [0.4, 0.5) is 0 Å². The number of amides is 1. The van der Waals surface area contributed by atoms with Crippen molar-refractivity contribution in [3.8, 4) is 0 Å². The summed E-state index contributed by atoms with van der Waals surface area (Å²) in [5.41, 5.74) is 1.80. The molecule has 2 N–H and O–H groups in total. The topological polar surface area (TPSA) is 92.0 Å². The number of hydrogen-bond acceptors (Lipinski definition) is 5. The second-order valence-electron chi connectivity index (χ2n) is 6.48. The van der Waals surface area contributed by atoms with E-state index in [9.17, 15) is 4.79 Å². The molecule has 8 nitrogen and oxygen atoms in total. The minimum absolute atomic E-state index is 0.0132. The van der Waals surface area contributed by atoms with E-state index in [2.05, 4.69) is 20.8 Å². The zero-order valence-electron chi connectivity index (χ0n) is 15.6. The van der Waals surface area contributed by atoms with Gasteiger partial charge in [0.1, 0.15) is 5.76 Å². The SMILES string of the molecule is Cc1noc(C)c1CN=C(NCC(=O)N(C)C)NCC1CCCCO1. The number of aromatic nitrogens is 1. The van der Waals surface area contributed by atoms with Crippen molar-refractivity contribution < 1.29 is 14.1 Å². The minimum Gasteiger partial charge on any atom is -0.376 e. The molecule has 0 spiro atoms. The highest BCUT2D eigenvalue weighted by atomic mass is 16.5. The van der Waals surface area contributed by atoms with Crippen LogP contribution in [-0.4, -0.2) is 61.8 Å². The first-order valence-electron chi connectivity index (χ1n) is 8.73. The van der Waals surface area contributed by atoms with Crippen LogP contribution in [0.5, 0.6) is 0 Å². The molecule has 1 saturated heterocycles. The molecule has 25 heavy (non-hydrogen) atoms. The molecule has 1 amide bonds. The Labute approximate surface area is 149 Å². The highest BCUT2D eigenvalue weighted by Crippen LogP contribution is 2.13. The molecule has 0 saturated carbocycles. The van der Waals surface area contributed by atoms with Crippen LogP contribution in [0, 0.1) is 13.8 Å². The van der Waals surface area contributed by atoms with Crippen LogP contribution in [0.15, 0.2) is 9.52 Å². The van der Waals surface area contributed by atoms with Gasteiger partial charge in [-0.05, 0) is 33.1 Å². The van der Waals surface area contributed by atoms with Gasteiger partial charge in [0.2, 0.25) is 5.91 Å². The number of likely N-dealkylation sites (N-methyl/N-ethyl adjacent to an activating group) is 1. The lowest BCUT2D eigenvalue weighted by Gasteiger charge is -2.24. The van der Waals surface area contributed by atoms with Crippen molar-refractivity contribution in [3.63, 3.8) is 0 Å². The number of rotatable bonds is 6. The fourth-order valence-electron chi connectivity index (χ4n) is 2.56. The first-order chi connectivity index (χ1) is 12.0. The van der Waals surface area contributed by atoms with Crippen LogP contribution < -0.4 is 10.6 Å². The van der Waals surface area contributed by atoms with Crippen LogP contribution in [-0.2, 0) is 16.1 Å². The van der Waals surface area contributed by atoms with E-state index in [0.717, 1.165) is 36.5 Å². The van der Waals surface area contributed by atoms with Crippen molar-refractivity contribution >= 4 is 11.9 Å². The van der Waals surface area contributed by atoms with Gasteiger partial charge < -0.3 is 24.8 Å². The van der Waals surface area contributed by atoms with Crippen molar-refractivity contribution in [1.29, 1.82) is 0 Å². The minimum atomic E-state index is -0.0132. The van der Waals surface area contributed by atoms with Crippen LogP contribution >= 0.6 is 0 Å². The first-order valence-corrected chi connectivity index (χ1v) is 8.73. The van der Waals surface area contributed by atoms with Gasteiger partial charge >= 0.3 is 0 Å². The summed E-state index contributed by atoms with van der Waals surface area (Å²) in [6.07, 6.45) is 3.54. The molecule has 1 aromatic rings. The maximum Gasteiger partial charge on any atom is 0.241 e. The van der Waals surface area contributed by atoms with E-state index >= 15 is 0 Å². The Bertz CT molecular complexity index is 572. The van der Waals surface area contributed by atoms with Gasteiger partial charge in [-0.3, -0.25) is 4.79 Å². The van der Waals surface area contributed by atoms with Gasteiger partial charge in [0.15, 0.2) is 5.96 Å². The van der Waals surface area contributed by atoms with Gasteiger partial charge in [-0.25, -0.2) is 4.99 Å². The summed E-state index contributed by atoms with van der Waals surface area (Å²) in [4.78, 5) is 17.9. The van der Waals surface area contributed by atoms with Crippen molar-refractivity contribution in [2.24, 2.45) is 4.99 Å². The molecule has 2 heterocycles. The number of nitrogens with one attached hydrogen (secondary N) is 2. The van der Waals surface area contributed by atoms with Gasteiger partial charge in [0.05, 0.1) is 24.9 Å². The Morgan fingerprint density at radius 1 is 1.32 bits per heavy atom.